The Morgan fingerprint density at radius 2 is 2.22 bits per heavy atom. The molecule has 0 spiro atoms. The third kappa shape index (κ3) is 4.30. The second kappa shape index (κ2) is 6.92. The first-order valence-electron chi connectivity index (χ1n) is 5.34. The average Bonchev–Trinajstić information content (AvgIpc) is 2.81. The van der Waals surface area contributed by atoms with Crippen LogP contribution in [0.25, 0.3) is 0 Å². The Bertz CT molecular complexity index is 396. The lowest BCUT2D eigenvalue weighted by molar-refractivity contribution is -0.139. The molecule has 2 amide bonds. The Morgan fingerprint density at radius 1 is 1.50 bits per heavy atom. The largest absolute Gasteiger partial charge is 0.480 e. The number of carbonyl (C=O) groups excluding carboxylic acids is 1. The molecule has 0 fully saturated rings. The van der Waals surface area contributed by atoms with Crippen molar-refractivity contribution in [3.8, 4) is 0 Å². The highest BCUT2D eigenvalue weighted by Crippen LogP contribution is 2.14. The zero-order valence-electron chi connectivity index (χ0n) is 9.79. The number of amides is 2. The van der Waals surface area contributed by atoms with Crippen molar-refractivity contribution in [2.24, 2.45) is 0 Å². The average molecular weight is 273 g/mol. The molecule has 1 rings (SSSR count). The molecular weight excluding hydrogens is 258 g/mol. The number of urea groups is 1. The number of thiazole rings is 1. The monoisotopic (exact) mass is 273 g/mol. The molecule has 1 heterocycles. The second-order valence-corrected chi connectivity index (χ2v) is 4.54. The van der Waals surface area contributed by atoms with Gasteiger partial charge in [-0.05, 0) is 6.92 Å². The Labute approximate surface area is 108 Å². The summed E-state index contributed by atoms with van der Waals surface area (Å²) in [5.41, 5.74) is 0. The highest BCUT2D eigenvalue weighted by molar-refractivity contribution is 7.09. The molecule has 8 heteroatoms. The maximum absolute atomic E-state index is 11.5. The molecule has 0 saturated heterocycles. The van der Waals surface area contributed by atoms with Crippen LogP contribution in [0.4, 0.5) is 4.79 Å². The number of carbonyl (C=O) groups is 2. The predicted octanol–water partition coefficient (Wildman–Crippen LogP) is 0.339. The highest BCUT2D eigenvalue weighted by atomic mass is 32.1. The number of aromatic nitrogens is 1. The summed E-state index contributed by atoms with van der Waals surface area (Å²) in [7, 11) is 0. The highest BCUT2D eigenvalue weighted by Gasteiger charge is 2.20. The van der Waals surface area contributed by atoms with E-state index >= 15 is 0 Å². The van der Waals surface area contributed by atoms with Gasteiger partial charge in [-0.3, -0.25) is 0 Å². The molecule has 1 unspecified atom stereocenters. The molecule has 0 aliphatic rings. The molecule has 4 N–H and O–H groups in total. The van der Waals surface area contributed by atoms with Crippen LogP contribution in [0.5, 0.6) is 0 Å². The van der Waals surface area contributed by atoms with Gasteiger partial charge < -0.3 is 20.8 Å². The minimum Gasteiger partial charge on any atom is -0.480 e. The summed E-state index contributed by atoms with van der Waals surface area (Å²) in [5.74, 6) is -1.18. The number of nitrogens with one attached hydrogen (secondary N) is 2. The van der Waals surface area contributed by atoms with E-state index < -0.39 is 18.0 Å². The Morgan fingerprint density at radius 3 is 2.72 bits per heavy atom. The molecule has 0 aliphatic heterocycles. The molecule has 18 heavy (non-hydrogen) atoms. The predicted molar refractivity (Wildman–Crippen MR) is 65.3 cm³/mol. The van der Waals surface area contributed by atoms with Gasteiger partial charge in [0, 0.05) is 24.6 Å². The smallest absolute Gasteiger partial charge is 0.326 e. The van der Waals surface area contributed by atoms with E-state index in [9.17, 15) is 9.59 Å². The summed E-state index contributed by atoms with van der Waals surface area (Å²) < 4.78 is 0. The van der Waals surface area contributed by atoms with Gasteiger partial charge in [-0.1, -0.05) is 0 Å². The van der Waals surface area contributed by atoms with Gasteiger partial charge in [0.15, 0.2) is 0 Å². The van der Waals surface area contributed by atoms with Gasteiger partial charge in [-0.25, -0.2) is 14.6 Å². The summed E-state index contributed by atoms with van der Waals surface area (Å²) in [5, 5.41) is 24.9. The molecule has 100 valence electrons. The lowest BCUT2D eigenvalue weighted by Crippen LogP contribution is -2.47. The Hall–Kier alpha value is -1.67. The van der Waals surface area contributed by atoms with E-state index in [0.29, 0.717) is 0 Å². The minimum absolute atomic E-state index is 0.0333. The van der Waals surface area contributed by atoms with Crippen molar-refractivity contribution in [1.82, 2.24) is 15.6 Å². The summed E-state index contributed by atoms with van der Waals surface area (Å²) >= 11 is 1.40. The fourth-order valence-corrected chi connectivity index (χ4v) is 1.94. The van der Waals surface area contributed by atoms with Gasteiger partial charge in [0.1, 0.15) is 11.0 Å². The zero-order chi connectivity index (χ0) is 13.5. The van der Waals surface area contributed by atoms with Crippen molar-refractivity contribution in [3.05, 3.63) is 16.6 Å². The maximum atomic E-state index is 11.5. The van der Waals surface area contributed by atoms with Gasteiger partial charge in [0.25, 0.3) is 0 Å². The second-order valence-electron chi connectivity index (χ2n) is 3.61. The normalized spacial score (nSPS) is 13.7. The fourth-order valence-electron chi connectivity index (χ4n) is 1.29. The lowest BCUT2D eigenvalue weighted by Gasteiger charge is -2.16. The number of hydrogen-bond acceptors (Lipinski definition) is 5. The van der Waals surface area contributed by atoms with Crippen molar-refractivity contribution in [2.75, 3.05) is 6.61 Å². The Balaban J connectivity index is 2.47. The van der Waals surface area contributed by atoms with Crippen LogP contribution in [0.3, 0.4) is 0 Å². The first-order chi connectivity index (χ1) is 8.54. The van der Waals surface area contributed by atoms with Crippen molar-refractivity contribution in [1.29, 1.82) is 0 Å². The summed E-state index contributed by atoms with van der Waals surface area (Å²) in [6, 6.07) is -1.99. The lowest BCUT2D eigenvalue weighted by atomic mass is 10.2. The molecule has 0 aromatic carbocycles. The molecule has 0 saturated carbocycles. The molecular formula is C10H15N3O4S. The zero-order valence-corrected chi connectivity index (χ0v) is 10.6. The van der Waals surface area contributed by atoms with Gasteiger partial charge in [-0.2, -0.15) is 0 Å². The number of carboxylic acids is 1. The van der Waals surface area contributed by atoms with Crippen LogP contribution in [0.15, 0.2) is 11.6 Å². The van der Waals surface area contributed by atoms with Crippen molar-refractivity contribution in [2.45, 2.75) is 25.4 Å². The van der Waals surface area contributed by atoms with Gasteiger partial charge >= 0.3 is 12.0 Å². The van der Waals surface area contributed by atoms with E-state index in [1.165, 1.54) is 11.3 Å². The van der Waals surface area contributed by atoms with Crippen molar-refractivity contribution in [3.63, 3.8) is 0 Å². The number of rotatable bonds is 6. The summed E-state index contributed by atoms with van der Waals surface area (Å²) in [6.45, 7) is 1.44. The molecule has 1 aromatic heterocycles. The van der Waals surface area contributed by atoms with E-state index in [4.69, 9.17) is 10.2 Å². The molecule has 0 aliphatic carbocycles. The topological polar surface area (TPSA) is 112 Å². The van der Waals surface area contributed by atoms with E-state index in [2.05, 4.69) is 15.6 Å². The number of nitrogens with zero attached hydrogens (tertiary/aromatic N) is 1. The van der Waals surface area contributed by atoms with Gasteiger partial charge in [-0.15, -0.1) is 11.3 Å². The third-order valence-electron chi connectivity index (χ3n) is 2.19. The number of carboxylic acid groups (broad SMARTS) is 1. The van der Waals surface area contributed by atoms with Gasteiger partial charge in [0.2, 0.25) is 0 Å². The summed E-state index contributed by atoms with van der Waals surface area (Å²) in [6.07, 6.45) is 1.59. The van der Waals surface area contributed by atoms with E-state index in [-0.39, 0.29) is 19.1 Å². The first-order valence-corrected chi connectivity index (χ1v) is 6.22. The number of aliphatic hydroxyl groups excluding tert-OH is 1. The van der Waals surface area contributed by atoms with Crippen LogP contribution in [0.1, 0.15) is 24.4 Å². The number of aliphatic carboxylic acids is 1. The number of aliphatic hydroxyl groups is 1. The van der Waals surface area contributed by atoms with Crippen LogP contribution < -0.4 is 10.6 Å². The minimum atomic E-state index is -1.18. The Kier molecular flexibility index (Phi) is 5.53. The van der Waals surface area contributed by atoms with Crippen LogP contribution in [0.2, 0.25) is 0 Å². The van der Waals surface area contributed by atoms with E-state index in [0.717, 1.165) is 5.01 Å². The third-order valence-corrected chi connectivity index (χ3v) is 3.15. The van der Waals surface area contributed by atoms with Crippen LogP contribution >= 0.6 is 11.3 Å². The molecule has 2 atom stereocenters. The van der Waals surface area contributed by atoms with Crippen molar-refractivity contribution < 1.29 is 19.8 Å². The standard InChI is InChI=1S/C10H15N3O4S/c1-6(8-11-3-5-18-8)12-10(17)13-7(2-4-14)9(15)16/h3,5-7,14H,2,4H2,1H3,(H,15,16)(H2,12,13,17)/t6?,7-/m1/s1. The van der Waals surface area contributed by atoms with E-state index in [1.54, 1.807) is 18.5 Å². The molecule has 1 aromatic rings. The molecule has 0 bridgehead atoms. The van der Waals surface area contributed by atoms with Gasteiger partial charge in [0.05, 0.1) is 6.04 Å². The molecule has 7 nitrogen and oxygen atoms in total. The van der Waals surface area contributed by atoms with E-state index in [1.807, 2.05) is 0 Å². The summed E-state index contributed by atoms with van der Waals surface area (Å²) in [4.78, 5) is 26.4. The van der Waals surface area contributed by atoms with Crippen LogP contribution in [-0.2, 0) is 4.79 Å². The first kappa shape index (κ1) is 14.4. The SMILES string of the molecule is CC(NC(=O)N[C@H](CCO)C(=O)O)c1nccs1. The molecule has 0 radical (unpaired) electrons. The maximum Gasteiger partial charge on any atom is 0.326 e. The number of hydrogen-bond donors (Lipinski definition) is 4. The van der Waals surface area contributed by atoms with Crippen LogP contribution in [0, 0.1) is 0 Å². The fraction of sp³-hybridized carbons (Fsp3) is 0.500. The van der Waals surface area contributed by atoms with Crippen molar-refractivity contribution >= 4 is 23.3 Å². The van der Waals surface area contributed by atoms with Crippen LogP contribution in [-0.4, -0.2) is 39.8 Å². The quantitative estimate of drug-likeness (QED) is 0.597.